The molecule has 0 aliphatic carbocycles. The predicted molar refractivity (Wildman–Crippen MR) is 94.6 cm³/mol. The van der Waals surface area contributed by atoms with E-state index >= 15 is 0 Å². The van der Waals surface area contributed by atoms with Crippen molar-refractivity contribution in [2.75, 3.05) is 0 Å². The molecule has 0 spiro atoms. The Bertz CT molecular complexity index is 820. The van der Waals surface area contributed by atoms with E-state index < -0.39 is 11.6 Å². The Morgan fingerprint density at radius 2 is 1.84 bits per heavy atom. The van der Waals surface area contributed by atoms with Gasteiger partial charge in [0.2, 0.25) is 0 Å². The number of hydrogen-bond acceptors (Lipinski definition) is 4. The second-order valence-electron chi connectivity index (χ2n) is 5.96. The summed E-state index contributed by atoms with van der Waals surface area (Å²) in [6.45, 7) is 3.53. The van der Waals surface area contributed by atoms with E-state index in [9.17, 15) is 9.59 Å². The minimum Gasteiger partial charge on any atom is -0.457 e. The monoisotopic (exact) mass is 337 g/mol. The average molecular weight is 337 g/mol. The van der Waals surface area contributed by atoms with E-state index in [-0.39, 0.29) is 5.91 Å². The van der Waals surface area contributed by atoms with Gasteiger partial charge in [0.05, 0.1) is 6.21 Å². The third kappa shape index (κ3) is 3.52. The summed E-state index contributed by atoms with van der Waals surface area (Å²) in [7, 11) is 0. The minimum absolute atomic E-state index is 0.354. The molecule has 25 heavy (non-hydrogen) atoms. The number of imide groups is 1. The van der Waals surface area contributed by atoms with Crippen molar-refractivity contribution in [1.29, 1.82) is 0 Å². The Kier molecular flexibility index (Phi) is 4.52. The Morgan fingerprint density at radius 1 is 1.12 bits per heavy atom. The molecule has 6 nitrogen and oxygen atoms in total. The summed E-state index contributed by atoms with van der Waals surface area (Å²) >= 11 is 0. The first-order chi connectivity index (χ1) is 12.0. The maximum atomic E-state index is 12.3. The minimum atomic E-state index is -0.896. The zero-order valence-electron chi connectivity index (χ0n) is 14.1. The molecule has 2 aromatic rings. The summed E-state index contributed by atoms with van der Waals surface area (Å²) in [5.74, 6) is 1.02. The zero-order valence-corrected chi connectivity index (χ0v) is 14.1. The summed E-state index contributed by atoms with van der Waals surface area (Å²) < 4.78 is 5.76. The molecule has 1 aliphatic heterocycles. The lowest BCUT2D eigenvalue weighted by molar-refractivity contribution is -0.130. The van der Waals surface area contributed by atoms with Crippen LogP contribution in [0.4, 0.5) is 4.79 Å². The summed E-state index contributed by atoms with van der Waals surface area (Å²) in [5, 5.41) is 7.57. The molecule has 128 valence electrons. The van der Waals surface area contributed by atoms with Crippen LogP contribution in [0.1, 0.15) is 25.8 Å². The summed E-state index contributed by atoms with van der Waals surface area (Å²) in [5.41, 5.74) is -0.175. The molecular weight excluding hydrogens is 318 g/mol. The van der Waals surface area contributed by atoms with Crippen molar-refractivity contribution in [3.05, 3.63) is 60.2 Å². The Labute approximate surface area is 146 Å². The van der Waals surface area contributed by atoms with Gasteiger partial charge in [0.25, 0.3) is 5.91 Å². The fraction of sp³-hybridized carbons (Fsp3) is 0.211. The molecule has 3 amide bonds. The molecule has 0 bridgehead atoms. The average Bonchev–Trinajstić information content (AvgIpc) is 2.84. The molecule has 2 aromatic carbocycles. The van der Waals surface area contributed by atoms with E-state index in [1.54, 1.807) is 13.0 Å². The lowest BCUT2D eigenvalue weighted by Gasteiger charge is -2.17. The first kappa shape index (κ1) is 16.7. The third-order valence-electron chi connectivity index (χ3n) is 4.11. The number of para-hydroxylation sites is 1. The van der Waals surface area contributed by atoms with Gasteiger partial charge in [-0.25, -0.2) is 4.79 Å². The van der Waals surface area contributed by atoms with Crippen molar-refractivity contribution in [2.24, 2.45) is 5.10 Å². The highest BCUT2D eigenvalue weighted by atomic mass is 16.5. The van der Waals surface area contributed by atoms with Crippen molar-refractivity contribution in [1.82, 2.24) is 10.3 Å². The number of ether oxygens (including phenoxy) is 1. The zero-order chi connectivity index (χ0) is 17.9. The van der Waals surface area contributed by atoms with Crippen LogP contribution in [-0.2, 0) is 4.79 Å². The highest BCUT2D eigenvalue weighted by Gasteiger charge is 2.46. The largest absolute Gasteiger partial charge is 0.457 e. The van der Waals surface area contributed by atoms with E-state index in [4.69, 9.17) is 4.74 Å². The van der Waals surface area contributed by atoms with Gasteiger partial charge < -0.3 is 10.1 Å². The molecule has 1 N–H and O–H groups in total. The van der Waals surface area contributed by atoms with E-state index in [0.717, 1.165) is 16.3 Å². The number of benzene rings is 2. The highest BCUT2D eigenvalue weighted by molar-refractivity contribution is 6.07. The normalized spacial score (nSPS) is 20.2. The molecule has 6 heteroatoms. The Balaban J connectivity index is 1.75. The lowest BCUT2D eigenvalue weighted by Crippen LogP contribution is -2.42. The SMILES string of the molecule is CC[C@@]1(C)NC(=O)N(/N=C\c2cccc(Oc3ccccc3)c2)C1=O. The first-order valence-electron chi connectivity index (χ1n) is 8.05. The topological polar surface area (TPSA) is 71.0 Å². The number of hydrazone groups is 1. The summed E-state index contributed by atoms with van der Waals surface area (Å²) in [6.07, 6.45) is 1.97. The van der Waals surface area contributed by atoms with Crippen molar-refractivity contribution < 1.29 is 14.3 Å². The van der Waals surface area contributed by atoms with Crippen LogP contribution in [0.25, 0.3) is 0 Å². The number of nitrogens with one attached hydrogen (secondary N) is 1. The van der Waals surface area contributed by atoms with Crippen LogP contribution in [0.5, 0.6) is 11.5 Å². The molecule has 0 saturated carbocycles. The van der Waals surface area contributed by atoms with E-state index in [0.29, 0.717) is 12.2 Å². The molecule has 0 aromatic heterocycles. The molecule has 1 aliphatic rings. The fourth-order valence-corrected chi connectivity index (χ4v) is 2.42. The quantitative estimate of drug-likeness (QED) is 0.670. The lowest BCUT2D eigenvalue weighted by atomic mass is 10.00. The van der Waals surface area contributed by atoms with E-state index in [1.165, 1.54) is 6.21 Å². The van der Waals surface area contributed by atoms with Crippen LogP contribution in [-0.4, -0.2) is 28.7 Å². The number of carbonyl (C=O) groups excluding carboxylic acids is 2. The summed E-state index contributed by atoms with van der Waals surface area (Å²) in [4.78, 5) is 24.2. The number of nitrogens with zero attached hydrogens (tertiary/aromatic N) is 2. The van der Waals surface area contributed by atoms with E-state index in [2.05, 4.69) is 10.4 Å². The number of urea groups is 1. The van der Waals surface area contributed by atoms with Gasteiger partial charge in [-0.3, -0.25) is 4.79 Å². The van der Waals surface area contributed by atoms with E-state index in [1.807, 2.05) is 55.5 Å². The van der Waals surface area contributed by atoms with Gasteiger partial charge in [0.15, 0.2) is 0 Å². The van der Waals surface area contributed by atoms with Crippen molar-refractivity contribution in [2.45, 2.75) is 25.8 Å². The molecule has 1 heterocycles. The molecule has 1 atom stereocenters. The number of carbonyl (C=O) groups is 2. The molecular formula is C19H19N3O3. The fourth-order valence-electron chi connectivity index (χ4n) is 2.42. The predicted octanol–water partition coefficient (Wildman–Crippen LogP) is 3.53. The van der Waals surface area contributed by atoms with Crippen LogP contribution in [0.15, 0.2) is 59.7 Å². The molecule has 3 rings (SSSR count). The second kappa shape index (κ2) is 6.76. The van der Waals surface area contributed by atoms with Crippen LogP contribution in [0, 0.1) is 0 Å². The van der Waals surface area contributed by atoms with Gasteiger partial charge in [-0.1, -0.05) is 37.3 Å². The van der Waals surface area contributed by atoms with Gasteiger partial charge in [0, 0.05) is 0 Å². The Morgan fingerprint density at radius 3 is 2.52 bits per heavy atom. The highest BCUT2D eigenvalue weighted by Crippen LogP contribution is 2.23. The first-order valence-corrected chi connectivity index (χ1v) is 8.05. The van der Waals surface area contributed by atoms with Crippen LogP contribution < -0.4 is 10.1 Å². The van der Waals surface area contributed by atoms with Crippen LogP contribution in [0.3, 0.4) is 0 Å². The standard InChI is InChI=1S/C19H19N3O3/c1-3-19(2)17(23)22(18(24)21-19)20-13-14-8-7-11-16(12-14)25-15-9-5-4-6-10-15/h4-13H,3H2,1-2H3,(H,21,24)/b20-13-/t19-/m1/s1. The number of rotatable bonds is 5. The second-order valence-corrected chi connectivity index (χ2v) is 5.96. The number of amides is 3. The maximum Gasteiger partial charge on any atom is 0.346 e. The van der Waals surface area contributed by atoms with Gasteiger partial charge in [-0.15, -0.1) is 5.01 Å². The smallest absolute Gasteiger partial charge is 0.346 e. The molecule has 1 saturated heterocycles. The van der Waals surface area contributed by atoms with Crippen molar-refractivity contribution in [3.8, 4) is 11.5 Å². The maximum absolute atomic E-state index is 12.3. The van der Waals surface area contributed by atoms with Gasteiger partial charge in [-0.2, -0.15) is 5.10 Å². The number of hydrogen-bond donors (Lipinski definition) is 1. The molecule has 0 radical (unpaired) electrons. The van der Waals surface area contributed by atoms with Gasteiger partial charge in [-0.05, 0) is 43.2 Å². The summed E-state index contributed by atoms with van der Waals surface area (Å²) in [6, 6.07) is 16.2. The third-order valence-corrected chi connectivity index (χ3v) is 4.11. The van der Waals surface area contributed by atoms with Crippen molar-refractivity contribution in [3.63, 3.8) is 0 Å². The van der Waals surface area contributed by atoms with Gasteiger partial charge >= 0.3 is 6.03 Å². The van der Waals surface area contributed by atoms with Crippen molar-refractivity contribution >= 4 is 18.2 Å². The van der Waals surface area contributed by atoms with Crippen LogP contribution in [0.2, 0.25) is 0 Å². The Hall–Kier alpha value is -3.15. The van der Waals surface area contributed by atoms with Crippen LogP contribution >= 0.6 is 0 Å². The van der Waals surface area contributed by atoms with Gasteiger partial charge in [0.1, 0.15) is 17.0 Å². The molecule has 1 fully saturated rings. The molecule has 0 unspecified atom stereocenters.